The summed E-state index contributed by atoms with van der Waals surface area (Å²) < 4.78 is 36.2. The van der Waals surface area contributed by atoms with Crippen molar-refractivity contribution in [2.75, 3.05) is 0 Å². The zero-order valence-electron chi connectivity index (χ0n) is 16.3. The zero-order chi connectivity index (χ0) is 21.8. The van der Waals surface area contributed by atoms with Crippen LogP contribution in [0, 0.1) is 11.6 Å². The molecule has 32 heavy (non-hydrogen) atoms. The standard InChI is InChI=1S/C23H14BrF2N5O/c24-20-11-29-22-14-5-3-12(18-10-28-21(30-18)17-2-1-7-27-17)9-19(14)32-23(31(20)22)13-4-6-15(25)16(26)8-13/h1-11,23,27H,(H,28,30)/t23-/m0/s1. The van der Waals surface area contributed by atoms with Crippen LogP contribution in [0.5, 0.6) is 5.75 Å². The number of hydrogen-bond donors (Lipinski definition) is 2. The summed E-state index contributed by atoms with van der Waals surface area (Å²) in [6, 6.07) is 13.4. The first-order valence-corrected chi connectivity index (χ1v) is 10.6. The molecule has 0 unspecified atom stereocenters. The third-order valence-corrected chi connectivity index (χ3v) is 6.00. The van der Waals surface area contributed by atoms with E-state index in [-0.39, 0.29) is 0 Å². The highest BCUT2D eigenvalue weighted by Crippen LogP contribution is 2.43. The van der Waals surface area contributed by atoms with Crippen molar-refractivity contribution in [1.29, 1.82) is 0 Å². The molecule has 0 aliphatic carbocycles. The summed E-state index contributed by atoms with van der Waals surface area (Å²) in [5.41, 5.74) is 3.84. The number of nitrogens with one attached hydrogen (secondary N) is 2. The molecule has 0 saturated carbocycles. The molecule has 0 bridgehead atoms. The Bertz CT molecular complexity index is 1460. The van der Waals surface area contributed by atoms with Gasteiger partial charge in [-0.25, -0.2) is 18.7 Å². The number of fused-ring (bicyclic) bond motifs is 3. The highest BCUT2D eigenvalue weighted by molar-refractivity contribution is 9.10. The van der Waals surface area contributed by atoms with E-state index in [4.69, 9.17) is 4.74 Å². The molecule has 0 amide bonds. The quantitative estimate of drug-likeness (QED) is 0.328. The van der Waals surface area contributed by atoms with E-state index < -0.39 is 17.9 Å². The van der Waals surface area contributed by atoms with Crippen molar-refractivity contribution in [3.8, 4) is 39.9 Å². The van der Waals surface area contributed by atoms with E-state index in [1.807, 2.05) is 36.5 Å². The van der Waals surface area contributed by atoms with Crippen molar-refractivity contribution >= 4 is 15.9 Å². The Hall–Kier alpha value is -3.72. The predicted molar refractivity (Wildman–Crippen MR) is 118 cm³/mol. The van der Waals surface area contributed by atoms with E-state index >= 15 is 0 Å². The highest BCUT2D eigenvalue weighted by atomic mass is 79.9. The van der Waals surface area contributed by atoms with Crippen LogP contribution in [0.4, 0.5) is 8.78 Å². The fourth-order valence-corrected chi connectivity index (χ4v) is 4.33. The van der Waals surface area contributed by atoms with E-state index in [9.17, 15) is 8.78 Å². The van der Waals surface area contributed by atoms with Gasteiger partial charge in [-0.1, -0.05) is 12.1 Å². The first kappa shape index (κ1) is 19.0. The molecule has 0 spiro atoms. The molecule has 158 valence electrons. The van der Waals surface area contributed by atoms with Crippen molar-refractivity contribution in [3.05, 3.63) is 88.9 Å². The molecule has 0 radical (unpaired) electrons. The van der Waals surface area contributed by atoms with Crippen molar-refractivity contribution < 1.29 is 13.5 Å². The predicted octanol–water partition coefficient (Wildman–Crippen LogP) is 5.92. The van der Waals surface area contributed by atoms with Gasteiger partial charge in [0.15, 0.2) is 17.5 Å². The molecule has 4 heterocycles. The van der Waals surface area contributed by atoms with Crippen molar-refractivity contribution in [1.82, 2.24) is 24.5 Å². The summed E-state index contributed by atoms with van der Waals surface area (Å²) in [5, 5.41) is 0. The number of hydrogen-bond acceptors (Lipinski definition) is 3. The van der Waals surface area contributed by atoms with Crippen LogP contribution < -0.4 is 4.74 Å². The van der Waals surface area contributed by atoms with Crippen LogP contribution in [0.1, 0.15) is 11.8 Å². The van der Waals surface area contributed by atoms with E-state index in [1.54, 1.807) is 17.0 Å². The third kappa shape index (κ3) is 2.96. The maximum absolute atomic E-state index is 14.0. The van der Waals surface area contributed by atoms with Crippen LogP contribution in [0.15, 0.2) is 71.7 Å². The number of imidazole rings is 2. The molecular formula is C23H14BrF2N5O. The van der Waals surface area contributed by atoms with E-state index in [2.05, 4.69) is 35.9 Å². The second-order valence-corrected chi connectivity index (χ2v) is 8.17. The average molecular weight is 494 g/mol. The molecule has 9 heteroatoms. The molecule has 0 saturated heterocycles. The first-order chi connectivity index (χ1) is 15.6. The lowest BCUT2D eigenvalue weighted by Gasteiger charge is -2.29. The van der Waals surface area contributed by atoms with Gasteiger partial charge in [0, 0.05) is 17.3 Å². The number of benzene rings is 2. The summed E-state index contributed by atoms with van der Waals surface area (Å²) in [6.45, 7) is 0. The van der Waals surface area contributed by atoms with E-state index in [0.29, 0.717) is 21.7 Å². The monoisotopic (exact) mass is 493 g/mol. The maximum atomic E-state index is 14.0. The molecule has 5 aromatic rings. The molecule has 0 fully saturated rings. The largest absolute Gasteiger partial charge is 0.465 e. The summed E-state index contributed by atoms with van der Waals surface area (Å²) in [4.78, 5) is 15.4. The van der Waals surface area contributed by atoms with Gasteiger partial charge in [-0.05, 0) is 52.3 Å². The molecule has 1 aliphatic heterocycles. The van der Waals surface area contributed by atoms with Crippen LogP contribution in [-0.2, 0) is 0 Å². The van der Waals surface area contributed by atoms with Gasteiger partial charge < -0.3 is 14.7 Å². The van der Waals surface area contributed by atoms with Gasteiger partial charge in [-0.15, -0.1) is 0 Å². The van der Waals surface area contributed by atoms with Gasteiger partial charge in [-0.3, -0.25) is 4.57 Å². The number of H-pyrrole nitrogens is 2. The highest BCUT2D eigenvalue weighted by Gasteiger charge is 2.30. The van der Waals surface area contributed by atoms with Crippen LogP contribution in [0.3, 0.4) is 0 Å². The number of aromatic amines is 2. The van der Waals surface area contributed by atoms with Crippen molar-refractivity contribution in [2.24, 2.45) is 0 Å². The third-order valence-electron chi connectivity index (χ3n) is 5.42. The van der Waals surface area contributed by atoms with Gasteiger partial charge >= 0.3 is 0 Å². The summed E-state index contributed by atoms with van der Waals surface area (Å²) in [7, 11) is 0. The normalized spacial score (nSPS) is 14.7. The zero-order valence-corrected chi connectivity index (χ0v) is 17.9. The Morgan fingerprint density at radius 3 is 2.69 bits per heavy atom. The number of halogens is 3. The van der Waals surface area contributed by atoms with E-state index in [0.717, 1.165) is 40.5 Å². The first-order valence-electron chi connectivity index (χ1n) is 9.76. The molecule has 1 atom stereocenters. The second kappa shape index (κ2) is 7.16. The SMILES string of the molecule is Fc1ccc([C@@H]2Oc3cc(-c4cnc(-c5ccc[nH]5)[nH]4)ccc3-c3ncc(Br)n32)cc1F. The molecular weight excluding hydrogens is 480 g/mol. The molecule has 1 aliphatic rings. The molecule has 6 rings (SSSR count). The molecule has 3 aromatic heterocycles. The summed E-state index contributed by atoms with van der Waals surface area (Å²) >= 11 is 3.48. The topological polar surface area (TPSA) is 71.5 Å². The number of nitrogens with zero attached hydrogens (tertiary/aromatic N) is 3. The van der Waals surface area contributed by atoms with Crippen molar-refractivity contribution in [2.45, 2.75) is 6.23 Å². The minimum Gasteiger partial charge on any atom is -0.465 e. The van der Waals surface area contributed by atoms with E-state index in [1.165, 1.54) is 6.07 Å². The minimum absolute atomic E-state index is 0.468. The Morgan fingerprint density at radius 1 is 0.969 bits per heavy atom. The fraction of sp³-hybridized carbons (Fsp3) is 0.0435. The van der Waals surface area contributed by atoms with Crippen molar-refractivity contribution in [3.63, 3.8) is 0 Å². The summed E-state index contributed by atoms with van der Waals surface area (Å²) in [6.07, 6.45) is 4.54. The molecule has 6 nitrogen and oxygen atoms in total. The maximum Gasteiger partial charge on any atom is 0.204 e. The Labute approximate surface area is 189 Å². The van der Waals surface area contributed by atoms with Gasteiger partial charge in [0.1, 0.15) is 16.2 Å². The minimum atomic E-state index is -0.933. The fourth-order valence-electron chi connectivity index (χ4n) is 3.87. The van der Waals surface area contributed by atoms with Crippen LogP contribution in [0.25, 0.3) is 34.2 Å². The number of ether oxygens (including phenoxy) is 1. The molecule has 2 aromatic carbocycles. The van der Waals surface area contributed by atoms with Crippen LogP contribution >= 0.6 is 15.9 Å². The Kier molecular flexibility index (Phi) is 4.25. The van der Waals surface area contributed by atoms with Gasteiger partial charge in [0.05, 0.1) is 29.3 Å². The number of rotatable bonds is 3. The smallest absolute Gasteiger partial charge is 0.204 e. The van der Waals surface area contributed by atoms with Gasteiger partial charge in [0.2, 0.25) is 6.23 Å². The lowest BCUT2D eigenvalue weighted by Crippen LogP contribution is -2.23. The number of aromatic nitrogens is 5. The van der Waals surface area contributed by atoms with Gasteiger partial charge in [-0.2, -0.15) is 0 Å². The second-order valence-electron chi connectivity index (χ2n) is 7.36. The Balaban J connectivity index is 1.44. The lowest BCUT2D eigenvalue weighted by molar-refractivity contribution is 0.165. The average Bonchev–Trinajstić information content (AvgIpc) is 3.56. The van der Waals surface area contributed by atoms with Crippen LogP contribution in [-0.4, -0.2) is 24.5 Å². The molecule has 2 N–H and O–H groups in total. The lowest BCUT2D eigenvalue weighted by atomic mass is 10.1. The van der Waals surface area contributed by atoms with Gasteiger partial charge in [0.25, 0.3) is 0 Å². The Morgan fingerprint density at radius 2 is 1.88 bits per heavy atom. The van der Waals surface area contributed by atoms with Crippen LogP contribution in [0.2, 0.25) is 0 Å². The summed E-state index contributed by atoms with van der Waals surface area (Å²) in [5.74, 6) is 0.129.